The van der Waals surface area contributed by atoms with Gasteiger partial charge in [0.15, 0.2) is 0 Å². The Hall–Kier alpha value is -2.15. The molecular weight excluding hydrogens is 296 g/mol. The molecule has 1 saturated heterocycles. The number of rotatable bonds is 7. The normalized spacial score (nSPS) is 15.5. The van der Waals surface area contributed by atoms with E-state index in [1.807, 2.05) is 0 Å². The van der Waals surface area contributed by atoms with Crippen LogP contribution in [0.3, 0.4) is 0 Å². The largest absolute Gasteiger partial charge is 0.336 e. The molecule has 1 aromatic rings. The van der Waals surface area contributed by atoms with Gasteiger partial charge in [0.25, 0.3) is 0 Å². The molecule has 0 radical (unpaired) electrons. The van der Waals surface area contributed by atoms with Crippen LogP contribution in [0, 0.1) is 0 Å². The third-order valence-corrected chi connectivity index (χ3v) is 4.10. The van der Waals surface area contributed by atoms with E-state index in [0.717, 1.165) is 39.6 Å². The van der Waals surface area contributed by atoms with E-state index in [1.165, 1.54) is 18.6 Å². The third kappa shape index (κ3) is 3.79. The van der Waals surface area contributed by atoms with Crippen molar-refractivity contribution in [3.05, 3.63) is 56.8 Å². The second-order valence-corrected chi connectivity index (χ2v) is 5.70. The van der Waals surface area contributed by atoms with Gasteiger partial charge in [0.1, 0.15) is 0 Å². The number of piperidine rings is 1. The lowest BCUT2D eigenvalue weighted by molar-refractivity contribution is 0.216. The predicted molar refractivity (Wildman–Crippen MR) is 89.9 cm³/mol. The van der Waals surface area contributed by atoms with E-state index in [0.29, 0.717) is 6.54 Å². The van der Waals surface area contributed by atoms with Crippen molar-refractivity contribution in [3.8, 4) is 0 Å². The average molecular weight is 320 g/mol. The summed E-state index contributed by atoms with van der Waals surface area (Å²) in [5.41, 5.74) is -1.76. The zero-order chi connectivity index (χ0) is 16.8. The van der Waals surface area contributed by atoms with Crippen LogP contribution in [-0.4, -0.2) is 38.2 Å². The Kier molecular flexibility index (Phi) is 5.92. The Bertz CT molecular complexity index is 687. The molecule has 126 valence electrons. The van der Waals surface area contributed by atoms with Crippen molar-refractivity contribution in [1.82, 2.24) is 18.6 Å². The molecule has 0 unspecified atom stereocenters. The summed E-state index contributed by atoms with van der Waals surface area (Å²) in [6.45, 7) is 10.2. The summed E-state index contributed by atoms with van der Waals surface area (Å²) in [5, 5.41) is 0. The fraction of sp³-hybridized carbons (Fsp3) is 0.562. The Balaban J connectivity index is 2.38. The van der Waals surface area contributed by atoms with Crippen LogP contribution in [0.5, 0.6) is 0 Å². The molecule has 0 amide bonds. The molecule has 2 rings (SSSR count). The van der Waals surface area contributed by atoms with Crippen LogP contribution in [0.1, 0.15) is 19.3 Å². The van der Waals surface area contributed by atoms with Gasteiger partial charge < -0.3 is 4.90 Å². The highest BCUT2D eigenvalue weighted by molar-refractivity contribution is 4.85. The van der Waals surface area contributed by atoms with Gasteiger partial charge in [-0.1, -0.05) is 18.6 Å². The molecule has 0 aliphatic carbocycles. The average Bonchev–Trinajstić information content (AvgIpc) is 2.56. The van der Waals surface area contributed by atoms with Crippen molar-refractivity contribution in [2.75, 3.05) is 19.6 Å². The third-order valence-electron chi connectivity index (χ3n) is 4.10. The summed E-state index contributed by atoms with van der Waals surface area (Å²) in [6.07, 6.45) is 6.46. The molecule has 1 aliphatic rings. The first-order chi connectivity index (χ1) is 11.1. The fourth-order valence-electron chi connectivity index (χ4n) is 2.87. The lowest BCUT2D eigenvalue weighted by Gasteiger charge is -2.26. The second-order valence-electron chi connectivity index (χ2n) is 5.70. The van der Waals surface area contributed by atoms with Crippen LogP contribution in [0.4, 0.5) is 0 Å². The van der Waals surface area contributed by atoms with Crippen molar-refractivity contribution in [2.45, 2.75) is 38.9 Å². The molecule has 0 spiro atoms. The maximum Gasteiger partial charge on any atom is 0.336 e. The van der Waals surface area contributed by atoms with Crippen molar-refractivity contribution < 1.29 is 0 Å². The SMILES string of the molecule is C=CCn1c(=O)n(CC=C)c(=O)n(CCN2CCCCC2)c1=O. The van der Waals surface area contributed by atoms with E-state index in [9.17, 15) is 14.4 Å². The molecule has 1 fully saturated rings. The number of allylic oxidation sites excluding steroid dienone is 2. The van der Waals surface area contributed by atoms with Gasteiger partial charge in [-0.25, -0.2) is 28.1 Å². The molecule has 0 saturated carbocycles. The van der Waals surface area contributed by atoms with E-state index in [4.69, 9.17) is 0 Å². The van der Waals surface area contributed by atoms with Gasteiger partial charge in [-0.2, -0.15) is 0 Å². The molecular formula is C16H24N4O3. The van der Waals surface area contributed by atoms with E-state index >= 15 is 0 Å². The Labute approximate surface area is 134 Å². The summed E-state index contributed by atoms with van der Waals surface area (Å²) in [4.78, 5) is 39.4. The lowest BCUT2D eigenvalue weighted by atomic mass is 10.1. The number of hydrogen-bond donors (Lipinski definition) is 0. The molecule has 1 aliphatic heterocycles. The van der Waals surface area contributed by atoms with Crippen molar-refractivity contribution in [3.63, 3.8) is 0 Å². The highest BCUT2D eigenvalue weighted by Crippen LogP contribution is 2.07. The van der Waals surface area contributed by atoms with E-state index < -0.39 is 17.1 Å². The predicted octanol–water partition coefficient (Wildman–Crippen LogP) is 0.0296. The van der Waals surface area contributed by atoms with Gasteiger partial charge in [0, 0.05) is 13.1 Å². The summed E-state index contributed by atoms with van der Waals surface area (Å²) < 4.78 is 3.21. The van der Waals surface area contributed by atoms with Gasteiger partial charge >= 0.3 is 17.1 Å². The first kappa shape index (κ1) is 17.2. The minimum Gasteiger partial charge on any atom is -0.302 e. The summed E-state index contributed by atoms with van der Waals surface area (Å²) in [6, 6.07) is 0. The van der Waals surface area contributed by atoms with Crippen LogP contribution < -0.4 is 17.1 Å². The van der Waals surface area contributed by atoms with Gasteiger partial charge in [-0.05, 0) is 25.9 Å². The number of hydrogen-bond acceptors (Lipinski definition) is 4. The highest BCUT2D eigenvalue weighted by atomic mass is 16.2. The van der Waals surface area contributed by atoms with Gasteiger partial charge in [0.05, 0.1) is 13.1 Å². The van der Waals surface area contributed by atoms with E-state index in [1.54, 1.807) is 0 Å². The van der Waals surface area contributed by atoms with Crippen molar-refractivity contribution in [1.29, 1.82) is 0 Å². The molecule has 0 aromatic carbocycles. The summed E-state index contributed by atoms with van der Waals surface area (Å²) in [5.74, 6) is 0. The first-order valence-electron chi connectivity index (χ1n) is 7.98. The zero-order valence-corrected chi connectivity index (χ0v) is 13.4. The Morgan fingerprint density at radius 3 is 1.70 bits per heavy atom. The van der Waals surface area contributed by atoms with Crippen LogP contribution in [-0.2, 0) is 19.6 Å². The van der Waals surface area contributed by atoms with Gasteiger partial charge in [-0.3, -0.25) is 0 Å². The molecule has 7 heteroatoms. The van der Waals surface area contributed by atoms with Crippen LogP contribution in [0.15, 0.2) is 39.7 Å². The summed E-state index contributed by atoms with van der Waals surface area (Å²) >= 11 is 0. The van der Waals surface area contributed by atoms with Crippen molar-refractivity contribution >= 4 is 0 Å². The maximum atomic E-state index is 12.5. The van der Waals surface area contributed by atoms with Gasteiger partial charge in [0.2, 0.25) is 0 Å². The molecule has 0 N–H and O–H groups in total. The number of likely N-dealkylation sites (tertiary alicyclic amines) is 1. The van der Waals surface area contributed by atoms with E-state index in [2.05, 4.69) is 18.1 Å². The zero-order valence-electron chi connectivity index (χ0n) is 13.4. The smallest absolute Gasteiger partial charge is 0.302 e. The molecule has 1 aromatic heterocycles. The monoisotopic (exact) mass is 320 g/mol. The highest BCUT2D eigenvalue weighted by Gasteiger charge is 2.16. The second kappa shape index (κ2) is 7.92. The van der Waals surface area contributed by atoms with Crippen LogP contribution >= 0.6 is 0 Å². The number of aromatic nitrogens is 3. The molecule has 0 bridgehead atoms. The summed E-state index contributed by atoms with van der Waals surface area (Å²) in [7, 11) is 0. The maximum absolute atomic E-state index is 12.5. The first-order valence-corrected chi connectivity index (χ1v) is 7.98. The van der Waals surface area contributed by atoms with Gasteiger partial charge in [-0.15, -0.1) is 13.2 Å². The van der Waals surface area contributed by atoms with Crippen LogP contribution in [0.2, 0.25) is 0 Å². The minimum absolute atomic E-state index is 0.0821. The van der Waals surface area contributed by atoms with E-state index in [-0.39, 0.29) is 19.6 Å². The van der Waals surface area contributed by atoms with Crippen LogP contribution in [0.25, 0.3) is 0 Å². The molecule has 23 heavy (non-hydrogen) atoms. The van der Waals surface area contributed by atoms with Crippen molar-refractivity contribution in [2.24, 2.45) is 0 Å². The topological polar surface area (TPSA) is 69.2 Å². The Morgan fingerprint density at radius 1 is 0.739 bits per heavy atom. The molecule has 7 nitrogen and oxygen atoms in total. The fourth-order valence-corrected chi connectivity index (χ4v) is 2.87. The minimum atomic E-state index is -0.617. The Morgan fingerprint density at radius 2 is 1.22 bits per heavy atom. The molecule has 2 heterocycles. The number of nitrogens with zero attached hydrogens (tertiary/aromatic N) is 4. The quantitative estimate of drug-likeness (QED) is 0.665. The lowest BCUT2D eigenvalue weighted by Crippen LogP contribution is -2.55. The standard InChI is InChI=1S/C16H24N4O3/c1-3-8-18-14(21)19(9-4-2)16(23)20(15(18)22)13-12-17-10-6-5-7-11-17/h3-4H,1-2,5-13H2. The molecule has 0 atom stereocenters.